The van der Waals surface area contributed by atoms with E-state index in [9.17, 15) is 9.59 Å². The minimum Gasteiger partial charge on any atom is -0.480 e. The van der Waals surface area contributed by atoms with Gasteiger partial charge in [0.15, 0.2) is 0 Å². The number of hydrogen-bond donors (Lipinski definition) is 2. The van der Waals surface area contributed by atoms with Crippen LogP contribution in [0.5, 0.6) is 0 Å². The van der Waals surface area contributed by atoms with Gasteiger partial charge in [0.25, 0.3) is 0 Å². The van der Waals surface area contributed by atoms with Crippen LogP contribution in [0.3, 0.4) is 0 Å². The summed E-state index contributed by atoms with van der Waals surface area (Å²) in [6.45, 7) is 2.56. The Morgan fingerprint density at radius 2 is 2.05 bits per heavy atom. The number of hydrogen-bond acceptors (Lipinski definition) is 4. The monoisotopic (exact) mass is 296 g/mol. The predicted octanol–water partition coefficient (Wildman–Crippen LogP) is 1.10. The van der Waals surface area contributed by atoms with Crippen molar-refractivity contribution in [2.75, 3.05) is 18.6 Å². The van der Waals surface area contributed by atoms with Crippen molar-refractivity contribution < 1.29 is 14.7 Å². The first-order valence-corrected chi connectivity index (χ1v) is 7.42. The Bertz CT molecular complexity index is 479. The molecule has 1 amide bonds. The first-order chi connectivity index (χ1) is 9.41. The van der Waals surface area contributed by atoms with Gasteiger partial charge < -0.3 is 15.7 Å². The summed E-state index contributed by atoms with van der Waals surface area (Å²) in [7, 11) is 1.74. The van der Waals surface area contributed by atoms with Gasteiger partial charge in [-0.25, -0.2) is 0 Å². The van der Waals surface area contributed by atoms with E-state index in [0.717, 1.165) is 11.1 Å². The minimum absolute atomic E-state index is 0.0316. The van der Waals surface area contributed by atoms with Gasteiger partial charge >= 0.3 is 5.97 Å². The number of carboxylic acid groups (broad SMARTS) is 1. The molecule has 0 aliphatic rings. The zero-order valence-corrected chi connectivity index (χ0v) is 12.5. The second kappa shape index (κ2) is 7.91. The fourth-order valence-corrected chi connectivity index (χ4v) is 2.50. The van der Waals surface area contributed by atoms with Crippen molar-refractivity contribution in [1.29, 1.82) is 0 Å². The minimum atomic E-state index is -1.04. The van der Waals surface area contributed by atoms with Crippen LogP contribution in [0, 0.1) is 6.92 Å². The molecule has 3 N–H and O–H groups in total. The van der Waals surface area contributed by atoms with Crippen molar-refractivity contribution in [1.82, 2.24) is 4.90 Å². The number of carboxylic acids is 1. The smallest absolute Gasteiger partial charge is 0.321 e. The van der Waals surface area contributed by atoms with E-state index in [-0.39, 0.29) is 17.4 Å². The highest BCUT2D eigenvalue weighted by Crippen LogP contribution is 2.11. The summed E-state index contributed by atoms with van der Waals surface area (Å²) >= 11 is 1.24. The number of nitrogens with two attached hydrogens (primary N) is 1. The third kappa shape index (κ3) is 5.22. The Labute approximate surface area is 123 Å². The van der Waals surface area contributed by atoms with Gasteiger partial charge in [0.1, 0.15) is 6.04 Å². The third-order valence-corrected chi connectivity index (χ3v) is 3.98. The lowest BCUT2D eigenvalue weighted by Gasteiger charge is -2.18. The summed E-state index contributed by atoms with van der Waals surface area (Å²) in [6, 6.07) is 6.99. The second-order valence-electron chi connectivity index (χ2n) is 4.64. The van der Waals surface area contributed by atoms with Crippen LogP contribution in [-0.4, -0.2) is 46.5 Å². The fraction of sp³-hybridized carbons (Fsp3) is 0.429. The van der Waals surface area contributed by atoms with Gasteiger partial charge in [0, 0.05) is 19.3 Å². The number of benzene rings is 1. The molecule has 0 saturated carbocycles. The van der Waals surface area contributed by atoms with Crippen molar-refractivity contribution in [2.45, 2.75) is 19.5 Å². The summed E-state index contributed by atoms with van der Waals surface area (Å²) in [5, 5.41) is 8.65. The Kier molecular flexibility index (Phi) is 6.54. The first kappa shape index (κ1) is 16.5. The standard InChI is InChI=1S/C14H20N2O3S/c1-10-5-3-4-6-11(10)7-16(2)13(17)9-20-8-12(15)14(18)19/h3-6,12H,7-9,15H2,1-2H3,(H,18,19)/t12-/m1/s1. The summed E-state index contributed by atoms with van der Waals surface area (Å²) in [4.78, 5) is 24.1. The van der Waals surface area contributed by atoms with Gasteiger partial charge in [-0.2, -0.15) is 0 Å². The van der Waals surface area contributed by atoms with Gasteiger partial charge in [-0.05, 0) is 18.1 Å². The molecule has 0 radical (unpaired) electrons. The average Bonchev–Trinajstić information content (AvgIpc) is 2.40. The molecule has 1 aromatic carbocycles. The molecule has 1 rings (SSSR count). The molecular formula is C14H20N2O3S. The van der Waals surface area contributed by atoms with Crippen LogP contribution >= 0.6 is 11.8 Å². The topological polar surface area (TPSA) is 83.6 Å². The maximum absolute atomic E-state index is 11.9. The van der Waals surface area contributed by atoms with Crippen LogP contribution in [0.25, 0.3) is 0 Å². The highest BCUT2D eigenvalue weighted by atomic mass is 32.2. The van der Waals surface area contributed by atoms with Gasteiger partial charge in [-0.15, -0.1) is 11.8 Å². The van der Waals surface area contributed by atoms with Crippen molar-refractivity contribution in [2.24, 2.45) is 5.73 Å². The van der Waals surface area contributed by atoms with Crippen molar-refractivity contribution in [3.8, 4) is 0 Å². The maximum Gasteiger partial charge on any atom is 0.321 e. The molecule has 0 unspecified atom stereocenters. The van der Waals surface area contributed by atoms with E-state index in [4.69, 9.17) is 10.8 Å². The summed E-state index contributed by atoms with van der Waals surface area (Å²) < 4.78 is 0. The lowest BCUT2D eigenvalue weighted by molar-refractivity contribution is -0.138. The number of amides is 1. The summed E-state index contributed by atoms with van der Waals surface area (Å²) in [5.74, 6) is -0.600. The van der Waals surface area contributed by atoms with Crippen LogP contribution in [0.1, 0.15) is 11.1 Å². The molecule has 0 aliphatic carbocycles. The molecule has 0 aliphatic heterocycles. The number of carbonyl (C=O) groups excluding carboxylic acids is 1. The van der Waals surface area contributed by atoms with Crippen LogP contribution < -0.4 is 5.73 Å². The second-order valence-corrected chi connectivity index (χ2v) is 5.67. The fourth-order valence-electron chi connectivity index (χ4n) is 1.59. The van der Waals surface area contributed by atoms with E-state index in [1.165, 1.54) is 11.8 Å². The molecule has 1 atom stereocenters. The highest BCUT2D eigenvalue weighted by molar-refractivity contribution is 8.00. The number of rotatable bonds is 7. The lowest BCUT2D eigenvalue weighted by atomic mass is 10.1. The van der Waals surface area contributed by atoms with E-state index in [0.29, 0.717) is 6.54 Å². The van der Waals surface area contributed by atoms with Gasteiger partial charge in [-0.1, -0.05) is 24.3 Å². The molecule has 0 bridgehead atoms. The van der Waals surface area contributed by atoms with Gasteiger partial charge in [0.2, 0.25) is 5.91 Å². The van der Waals surface area contributed by atoms with Gasteiger partial charge in [-0.3, -0.25) is 9.59 Å². The zero-order chi connectivity index (χ0) is 15.1. The Morgan fingerprint density at radius 3 is 2.65 bits per heavy atom. The molecule has 0 saturated heterocycles. The molecule has 20 heavy (non-hydrogen) atoms. The van der Waals surface area contributed by atoms with E-state index >= 15 is 0 Å². The highest BCUT2D eigenvalue weighted by Gasteiger charge is 2.14. The van der Waals surface area contributed by atoms with E-state index in [2.05, 4.69) is 0 Å². The predicted molar refractivity (Wildman–Crippen MR) is 80.6 cm³/mol. The van der Waals surface area contributed by atoms with Crippen molar-refractivity contribution in [3.05, 3.63) is 35.4 Å². The largest absolute Gasteiger partial charge is 0.480 e. The van der Waals surface area contributed by atoms with Crippen LogP contribution in [0.2, 0.25) is 0 Å². The lowest BCUT2D eigenvalue weighted by Crippen LogP contribution is -2.34. The molecule has 1 aromatic rings. The third-order valence-electron chi connectivity index (χ3n) is 2.93. The zero-order valence-electron chi connectivity index (χ0n) is 11.7. The quantitative estimate of drug-likeness (QED) is 0.787. The SMILES string of the molecule is Cc1ccccc1CN(C)C(=O)CSC[C@@H](N)C(=O)O. The Balaban J connectivity index is 2.40. The van der Waals surface area contributed by atoms with Crippen LogP contribution in [0.4, 0.5) is 0 Å². The number of aryl methyl sites for hydroxylation is 1. The molecule has 5 nitrogen and oxygen atoms in total. The normalized spacial score (nSPS) is 11.9. The van der Waals surface area contributed by atoms with E-state index < -0.39 is 12.0 Å². The van der Waals surface area contributed by atoms with E-state index in [1.807, 2.05) is 31.2 Å². The van der Waals surface area contributed by atoms with Crippen molar-refractivity contribution >= 4 is 23.6 Å². The van der Waals surface area contributed by atoms with Crippen molar-refractivity contribution in [3.63, 3.8) is 0 Å². The molecule has 6 heteroatoms. The molecule has 0 heterocycles. The average molecular weight is 296 g/mol. The summed E-state index contributed by atoms with van der Waals surface area (Å²) in [6.07, 6.45) is 0. The number of carbonyl (C=O) groups is 2. The van der Waals surface area contributed by atoms with E-state index in [1.54, 1.807) is 11.9 Å². The Hall–Kier alpha value is -1.53. The Morgan fingerprint density at radius 1 is 1.40 bits per heavy atom. The molecule has 0 aromatic heterocycles. The number of nitrogens with zero attached hydrogens (tertiary/aromatic N) is 1. The number of thioether (sulfide) groups is 1. The van der Waals surface area contributed by atoms with Crippen LogP contribution in [-0.2, 0) is 16.1 Å². The maximum atomic E-state index is 11.9. The molecule has 0 fully saturated rings. The molecule has 110 valence electrons. The first-order valence-electron chi connectivity index (χ1n) is 6.26. The van der Waals surface area contributed by atoms with Crippen LogP contribution in [0.15, 0.2) is 24.3 Å². The molecule has 0 spiro atoms. The molecular weight excluding hydrogens is 276 g/mol. The number of aliphatic carboxylic acids is 1. The van der Waals surface area contributed by atoms with Gasteiger partial charge in [0.05, 0.1) is 5.75 Å². The summed E-state index contributed by atoms with van der Waals surface area (Å²) in [5.41, 5.74) is 7.63.